The number of aliphatic carboxylic acids is 1. The molecule has 1 aromatic heterocycles. The molecule has 2 unspecified atom stereocenters. The minimum Gasteiger partial charge on any atom is -0.480 e. The van der Waals surface area contributed by atoms with Gasteiger partial charge in [-0.1, -0.05) is 24.3 Å². The van der Waals surface area contributed by atoms with Crippen LogP contribution in [0.5, 0.6) is 0 Å². The highest BCUT2D eigenvalue weighted by Crippen LogP contribution is 2.24. The van der Waals surface area contributed by atoms with Gasteiger partial charge in [-0.15, -0.1) is 0 Å². The second kappa shape index (κ2) is 10.6. The Bertz CT molecular complexity index is 934. The van der Waals surface area contributed by atoms with Crippen LogP contribution in [0, 0.1) is 5.92 Å². The van der Waals surface area contributed by atoms with Crippen molar-refractivity contribution in [3.8, 4) is 0 Å². The molecule has 1 aromatic carbocycles. The lowest BCUT2D eigenvalue weighted by molar-refractivity contribution is -0.139. The van der Waals surface area contributed by atoms with Gasteiger partial charge in [-0.2, -0.15) is 0 Å². The minimum atomic E-state index is -0.989. The maximum atomic E-state index is 12.3. The Morgan fingerprint density at radius 2 is 2.06 bits per heavy atom. The normalized spacial score (nSPS) is 19.1. The summed E-state index contributed by atoms with van der Waals surface area (Å²) in [6, 6.07) is 12.2. The third-order valence-electron chi connectivity index (χ3n) is 6.50. The van der Waals surface area contributed by atoms with E-state index in [0.29, 0.717) is 24.4 Å². The van der Waals surface area contributed by atoms with Crippen LogP contribution in [-0.2, 0) is 17.6 Å². The molecule has 3 N–H and O–H groups in total. The number of hydrogen-bond acceptors (Lipinski definition) is 5. The van der Waals surface area contributed by atoms with Gasteiger partial charge in [0.1, 0.15) is 11.9 Å². The molecule has 1 amide bonds. The molecular weight excluding hydrogens is 404 g/mol. The fourth-order valence-corrected chi connectivity index (χ4v) is 4.61. The number of rotatable bonds is 9. The summed E-state index contributed by atoms with van der Waals surface area (Å²) >= 11 is 0. The predicted molar refractivity (Wildman–Crippen MR) is 124 cm³/mol. The van der Waals surface area contributed by atoms with E-state index in [4.69, 9.17) is 4.98 Å². The lowest BCUT2D eigenvalue weighted by Gasteiger charge is -2.20. The number of aromatic nitrogens is 1. The van der Waals surface area contributed by atoms with E-state index in [-0.39, 0.29) is 5.91 Å². The van der Waals surface area contributed by atoms with Crippen LogP contribution in [0.2, 0.25) is 0 Å². The van der Waals surface area contributed by atoms with Gasteiger partial charge in [0.25, 0.3) is 5.91 Å². The number of aryl methyl sites for hydroxylation is 2. The second-order valence-corrected chi connectivity index (χ2v) is 8.85. The molecule has 170 valence electrons. The highest BCUT2D eigenvalue weighted by Gasteiger charge is 2.26. The number of carboxylic acids is 1. The number of carbonyl (C=O) groups excluding carboxylic acids is 1. The van der Waals surface area contributed by atoms with E-state index >= 15 is 0 Å². The van der Waals surface area contributed by atoms with Gasteiger partial charge in [0.2, 0.25) is 0 Å². The van der Waals surface area contributed by atoms with E-state index in [1.165, 1.54) is 12.0 Å². The Morgan fingerprint density at radius 1 is 1.22 bits per heavy atom. The monoisotopic (exact) mass is 436 g/mol. The summed E-state index contributed by atoms with van der Waals surface area (Å²) < 4.78 is 0. The summed E-state index contributed by atoms with van der Waals surface area (Å²) in [5.74, 6) is 0.323. The van der Waals surface area contributed by atoms with Crippen molar-refractivity contribution in [1.29, 1.82) is 0 Å². The largest absolute Gasteiger partial charge is 0.480 e. The predicted octanol–water partition coefficient (Wildman–Crippen LogP) is 2.97. The highest BCUT2D eigenvalue weighted by molar-refractivity contribution is 5.96. The molecular formula is C25H32N4O3. The molecule has 1 saturated heterocycles. The summed E-state index contributed by atoms with van der Waals surface area (Å²) in [4.78, 5) is 31.1. The number of benzene rings is 1. The molecule has 0 spiro atoms. The van der Waals surface area contributed by atoms with Gasteiger partial charge in [0.05, 0.1) is 0 Å². The van der Waals surface area contributed by atoms with Crippen molar-refractivity contribution in [2.45, 2.75) is 44.6 Å². The van der Waals surface area contributed by atoms with Crippen molar-refractivity contribution in [3.63, 3.8) is 0 Å². The SMILES string of the molecule is O=C(NC(CCN1CCC(CCc2ccc3c(n2)NCCC3)C1)C(=O)O)c1ccccc1. The van der Waals surface area contributed by atoms with Crippen LogP contribution in [0.15, 0.2) is 42.5 Å². The molecule has 7 nitrogen and oxygen atoms in total. The van der Waals surface area contributed by atoms with E-state index < -0.39 is 12.0 Å². The Hall–Kier alpha value is -2.93. The quantitative estimate of drug-likeness (QED) is 0.560. The van der Waals surface area contributed by atoms with Crippen molar-refractivity contribution in [2.24, 2.45) is 5.92 Å². The number of hydrogen-bond donors (Lipinski definition) is 3. The first-order valence-electron chi connectivity index (χ1n) is 11.6. The van der Waals surface area contributed by atoms with E-state index in [2.05, 4.69) is 27.7 Å². The van der Waals surface area contributed by atoms with E-state index in [1.807, 2.05) is 6.07 Å². The van der Waals surface area contributed by atoms with Gasteiger partial charge in [0, 0.05) is 30.9 Å². The Kier molecular flexibility index (Phi) is 7.37. The van der Waals surface area contributed by atoms with Crippen LogP contribution in [0.3, 0.4) is 0 Å². The third kappa shape index (κ3) is 5.85. The number of carbonyl (C=O) groups is 2. The topological polar surface area (TPSA) is 94.6 Å². The van der Waals surface area contributed by atoms with Crippen LogP contribution in [0.4, 0.5) is 5.82 Å². The summed E-state index contributed by atoms with van der Waals surface area (Å²) in [5, 5.41) is 15.6. The number of carboxylic acid groups (broad SMARTS) is 1. The van der Waals surface area contributed by atoms with E-state index in [9.17, 15) is 14.7 Å². The molecule has 0 saturated carbocycles. The number of fused-ring (bicyclic) bond motifs is 1. The highest BCUT2D eigenvalue weighted by atomic mass is 16.4. The van der Waals surface area contributed by atoms with Crippen molar-refractivity contribution >= 4 is 17.7 Å². The minimum absolute atomic E-state index is 0.343. The zero-order chi connectivity index (χ0) is 22.3. The fourth-order valence-electron chi connectivity index (χ4n) is 4.61. The molecule has 4 rings (SSSR count). The van der Waals surface area contributed by atoms with Crippen LogP contribution in [0.25, 0.3) is 0 Å². The molecule has 32 heavy (non-hydrogen) atoms. The third-order valence-corrected chi connectivity index (χ3v) is 6.50. The molecule has 2 aliphatic heterocycles. The summed E-state index contributed by atoms with van der Waals surface area (Å²) in [7, 11) is 0. The molecule has 3 heterocycles. The Morgan fingerprint density at radius 3 is 2.88 bits per heavy atom. The summed E-state index contributed by atoms with van der Waals surface area (Å²) in [5.41, 5.74) is 2.94. The first kappa shape index (κ1) is 22.3. The van der Waals surface area contributed by atoms with Crippen LogP contribution in [-0.4, -0.2) is 59.1 Å². The summed E-state index contributed by atoms with van der Waals surface area (Å²) in [6.07, 6.45) is 5.87. The number of likely N-dealkylation sites (tertiary alicyclic amines) is 1. The van der Waals surface area contributed by atoms with Crippen LogP contribution < -0.4 is 10.6 Å². The summed E-state index contributed by atoms with van der Waals surface area (Å²) in [6.45, 7) is 3.62. The van der Waals surface area contributed by atoms with Crippen molar-refractivity contribution in [1.82, 2.24) is 15.2 Å². The molecule has 1 fully saturated rings. The Balaban J connectivity index is 1.22. The van der Waals surface area contributed by atoms with Gasteiger partial charge in [-0.05, 0) is 74.8 Å². The van der Waals surface area contributed by atoms with Crippen molar-refractivity contribution < 1.29 is 14.7 Å². The van der Waals surface area contributed by atoms with Gasteiger partial charge in [0.15, 0.2) is 0 Å². The molecule has 2 aliphatic rings. The number of nitrogens with one attached hydrogen (secondary N) is 2. The standard InChI is InChI=1S/C25H32N4O3/c30-24(20-5-2-1-3-6-20)28-22(25(31)32)13-16-29-15-12-18(17-29)8-10-21-11-9-19-7-4-14-26-23(19)27-21/h1-3,5-6,9,11,18,22H,4,7-8,10,12-17H2,(H,26,27)(H,28,30)(H,31,32). The average Bonchev–Trinajstić information content (AvgIpc) is 3.28. The first-order chi connectivity index (χ1) is 15.6. The second-order valence-electron chi connectivity index (χ2n) is 8.85. The lowest BCUT2D eigenvalue weighted by Crippen LogP contribution is -2.43. The van der Waals surface area contributed by atoms with Crippen LogP contribution in [0.1, 0.15) is 47.3 Å². The molecule has 2 aromatic rings. The zero-order valence-corrected chi connectivity index (χ0v) is 18.4. The molecule has 2 atom stereocenters. The Labute approximate surface area is 189 Å². The first-order valence-corrected chi connectivity index (χ1v) is 11.6. The molecule has 0 radical (unpaired) electrons. The maximum Gasteiger partial charge on any atom is 0.326 e. The maximum absolute atomic E-state index is 12.3. The lowest BCUT2D eigenvalue weighted by atomic mass is 10.00. The molecule has 0 bridgehead atoms. The molecule has 7 heteroatoms. The van der Waals surface area contributed by atoms with Gasteiger partial charge in [-0.25, -0.2) is 9.78 Å². The van der Waals surface area contributed by atoms with Gasteiger partial charge < -0.3 is 20.6 Å². The smallest absolute Gasteiger partial charge is 0.326 e. The van der Waals surface area contributed by atoms with E-state index in [1.54, 1.807) is 24.3 Å². The number of pyridine rings is 1. The number of nitrogens with zero attached hydrogens (tertiary/aromatic N) is 2. The van der Waals surface area contributed by atoms with Crippen molar-refractivity contribution in [3.05, 3.63) is 59.3 Å². The van der Waals surface area contributed by atoms with Crippen LogP contribution >= 0.6 is 0 Å². The average molecular weight is 437 g/mol. The van der Waals surface area contributed by atoms with Gasteiger partial charge in [-0.3, -0.25) is 4.79 Å². The van der Waals surface area contributed by atoms with E-state index in [0.717, 1.165) is 56.8 Å². The van der Waals surface area contributed by atoms with Gasteiger partial charge >= 0.3 is 5.97 Å². The molecule has 0 aliphatic carbocycles. The fraction of sp³-hybridized carbons (Fsp3) is 0.480. The number of amides is 1. The van der Waals surface area contributed by atoms with Crippen molar-refractivity contribution in [2.75, 3.05) is 31.5 Å². The number of anilines is 1. The zero-order valence-electron chi connectivity index (χ0n) is 18.4.